The van der Waals surface area contributed by atoms with Crippen LogP contribution in [0.4, 0.5) is 0 Å². The van der Waals surface area contributed by atoms with Crippen molar-refractivity contribution in [3.05, 3.63) is 46.0 Å². The molecule has 0 saturated carbocycles. The molecule has 1 aromatic rings. The second kappa shape index (κ2) is 4.54. The highest BCUT2D eigenvalue weighted by Crippen LogP contribution is 2.24. The molecular weight excluding hydrogens is 191 g/mol. The predicted octanol–water partition coefficient (Wildman–Crippen LogP) is 4.11. The molecule has 0 amide bonds. The average molecular weight is 201 g/mol. The second-order valence-corrected chi connectivity index (χ2v) is 3.29. The molecule has 0 aliphatic carbocycles. The van der Waals surface area contributed by atoms with Gasteiger partial charge in [0.05, 0.1) is 0 Å². The maximum Gasteiger partial charge on any atom is 0.0456 e. The minimum atomic E-state index is 0.737. The smallest absolute Gasteiger partial charge is 0.0456 e. The Balaban J connectivity index is 2.96. The summed E-state index contributed by atoms with van der Waals surface area (Å²) in [5.41, 5.74) is 0.999. The molecule has 0 unspecified atom stereocenters. The van der Waals surface area contributed by atoms with E-state index in [0.29, 0.717) is 0 Å². The number of hydrogen-bond donors (Lipinski definition) is 0. The summed E-state index contributed by atoms with van der Waals surface area (Å²) in [6.07, 6.45) is 4.82. The Bertz CT molecular complexity index is 270. The van der Waals surface area contributed by atoms with Gasteiger partial charge in [0.2, 0.25) is 0 Å². The van der Waals surface area contributed by atoms with E-state index in [0.717, 1.165) is 22.0 Å². The van der Waals surface area contributed by atoms with E-state index in [1.165, 1.54) is 0 Å². The second-order valence-electron chi connectivity index (χ2n) is 2.47. The van der Waals surface area contributed by atoms with Crippen LogP contribution in [0, 0.1) is 0 Å². The van der Waals surface area contributed by atoms with E-state index in [9.17, 15) is 0 Å². The zero-order valence-electron chi connectivity index (χ0n) is 6.85. The molecule has 0 saturated heterocycles. The Morgan fingerprint density at radius 1 is 1.25 bits per heavy atom. The van der Waals surface area contributed by atoms with Gasteiger partial charge in [-0.15, -0.1) is 0 Å². The summed E-state index contributed by atoms with van der Waals surface area (Å²) in [7, 11) is 0. The first-order valence-corrected chi connectivity index (χ1v) is 4.55. The standard InChI is InChI=1S/C10H10Cl2/c1-2-3-5-8-9(11)6-4-7-10(8)12/h2-4,6-7H,5H2,1H3. The maximum absolute atomic E-state index is 5.95. The number of hydrogen-bond acceptors (Lipinski definition) is 0. The van der Waals surface area contributed by atoms with Gasteiger partial charge in [0.1, 0.15) is 0 Å². The van der Waals surface area contributed by atoms with Crippen LogP contribution in [0.25, 0.3) is 0 Å². The third-order valence-electron chi connectivity index (χ3n) is 1.62. The van der Waals surface area contributed by atoms with Gasteiger partial charge in [0.15, 0.2) is 0 Å². The third kappa shape index (κ3) is 2.26. The summed E-state index contributed by atoms with van der Waals surface area (Å²) in [6.45, 7) is 1.98. The van der Waals surface area contributed by atoms with E-state index < -0.39 is 0 Å². The number of benzene rings is 1. The van der Waals surface area contributed by atoms with E-state index in [-0.39, 0.29) is 0 Å². The van der Waals surface area contributed by atoms with Crippen molar-refractivity contribution in [2.24, 2.45) is 0 Å². The number of rotatable bonds is 2. The fourth-order valence-corrected chi connectivity index (χ4v) is 1.51. The molecule has 1 rings (SSSR count). The van der Waals surface area contributed by atoms with Gasteiger partial charge in [-0.05, 0) is 31.0 Å². The van der Waals surface area contributed by atoms with Gasteiger partial charge < -0.3 is 0 Å². The minimum Gasteiger partial charge on any atom is -0.0913 e. The van der Waals surface area contributed by atoms with Gasteiger partial charge >= 0.3 is 0 Å². The molecule has 0 atom stereocenters. The van der Waals surface area contributed by atoms with Crippen molar-refractivity contribution in [2.45, 2.75) is 13.3 Å². The van der Waals surface area contributed by atoms with Gasteiger partial charge in [-0.2, -0.15) is 0 Å². The molecule has 0 radical (unpaired) electrons. The Labute approximate surface area is 82.8 Å². The molecule has 64 valence electrons. The van der Waals surface area contributed by atoms with Crippen LogP contribution in [0.15, 0.2) is 30.4 Å². The Morgan fingerprint density at radius 2 is 1.83 bits per heavy atom. The lowest BCUT2D eigenvalue weighted by molar-refractivity contribution is 1.26. The van der Waals surface area contributed by atoms with Crippen molar-refractivity contribution >= 4 is 23.2 Å². The molecule has 0 aromatic heterocycles. The van der Waals surface area contributed by atoms with Crippen molar-refractivity contribution < 1.29 is 0 Å². The van der Waals surface area contributed by atoms with Crippen molar-refractivity contribution in [2.75, 3.05) is 0 Å². The van der Waals surface area contributed by atoms with Crippen molar-refractivity contribution in [1.82, 2.24) is 0 Å². The molecule has 0 fully saturated rings. The zero-order chi connectivity index (χ0) is 8.97. The molecule has 0 bridgehead atoms. The molecule has 0 aliphatic rings. The molecule has 2 heteroatoms. The Morgan fingerprint density at radius 3 is 2.33 bits per heavy atom. The Hall–Kier alpha value is -0.460. The quantitative estimate of drug-likeness (QED) is 0.631. The average Bonchev–Trinajstić information content (AvgIpc) is 2.04. The van der Waals surface area contributed by atoms with Crippen molar-refractivity contribution in [3.8, 4) is 0 Å². The van der Waals surface area contributed by atoms with Crippen LogP contribution in [-0.2, 0) is 6.42 Å². The van der Waals surface area contributed by atoms with E-state index in [2.05, 4.69) is 0 Å². The summed E-state index contributed by atoms with van der Waals surface area (Å²) in [5.74, 6) is 0. The summed E-state index contributed by atoms with van der Waals surface area (Å²) in [6, 6.07) is 5.56. The summed E-state index contributed by atoms with van der Waals surface area (Å²) >= 11 is 11.9. The lowest BCUT2D eigenvalue weighted by Gasteiger charge is -2.02. The highest BCUT2D eigenvalue weighted by Gasteiger charge is 2.01. The van der Waals surface area contributed by atoms with E-state index in [1.54, 1.807) is 0 Å². The summed E-state index contributed by atoms with van der Waals surface area (Å²) in [5, 5.41) is 1.47. The molecule has 0 spiro atoms. The number of halogens is 2. The van der Waals surface area contributed by atoms with Crippen LogP contribution in [0.1, 0.15) is 12.5 Å². The van der Waals surface area contributed by atoms with Gasteiger partial charge in [-0.25, -0.2) is 0 Å². The fourth-order valence-electron chi connectivity index (χ4n) is 0.963. The highest BCUT2D eigenvalue weighted by atomic mass is 35.5. The predicted molar refractivity (Wildman–Crippen MR) is 55.0 cm³/mol. The first kappa shape index (κ1) is 9.63. The lowest BCUT2D eigenvalue weighted by Crippen LogP contribution is -1.84. The third-order valence-corrected chi connectivity index (χ3v) is 2.33. The molecular formula is C10H10Cl2. The van der Waals surface area contributed by atoms with Crippen LogP contribution in [0.2, 0.25) is 10.0 Å². The molecule has 0 heterocycles. The van der Waals surface area contributed by atoms with Gasteiger partial charge in [-0.3, -0.25) is 0 Å². The van der Waals surface area contributed by atoms with Gasteiger partial charge in [-0.1, -0.05) is 41.4 Å². The SMILES string of the molecule is CC=CCc1c(Cl)cccc1Cl. The molecule has 0 aliphatic heterocycles. The first-order chi connectivity index (χ1) is 5.75. The van der Waals surface area contributed by atoms with Crippen molar-refractivity contribution in [3.63, 3.8) is 0 Å². The zero-order valence-corrected chi connectivity index (χ0v) is 8.36. The minimum absolute atomic E-state index is 0.737. The summed E-state index contributed by atoms with van der Waals surface area (Å²) < 4.78 is 0. The fraction of sp³-hybridized carbons (Fsp3) is 0.200. The van der Waals surface area contributed by atoms with Crippen molar-refractivity contribution in [1.29, 1.82) is 0 Å². The van der Waals surface area contributed by atoms with Crippen LogP contribution >= 0.6 is 23.2 Å². The molecule has 0 nitrogen and oxygen atoms in total. The largest absolute Gasteiger partial charge is 0.0913 e. The van der Waals surface area contributed by atoms with Gasteiger partial charge in [0.25, 0.3) is 0 Å². The van der Waals surface area contributed by atoms with Crippen LogP contribution in [-0.4, -0.2) is 0 Å². The van der Waals surface area contributed by atoms with Crippen LogP contribution < -0.4 is 0 Å². The van der Waals surface area contributed by atoms with E-state index in [1.807, 2.05) is 37.3 Å². The molecule has 1 aromatic carbocycles. The monoisotopic (exact) mass is 200 g/mol. The Kier molecular flexibility index (Phi) is 3.64. The topological polar surface area (TPSA) is 0 Å². The molecule has 12 heavy (non-hydrogen) atoms. The highest BCUT2D eigenvalue weighted by molar-refractivity contribution is 6.36. The number of allylic oxidation sites excluding steroid dienone is 2. The van der Waals surface area contributed by atoms with E-state index in [4.69, 9.17) is 23.2 Å². The normalized spacial score (nSPS) is 10.9. The maximum atomic E-state index is 5.95. The first-order valence-electron chi connectivity index (χ1n) is 3.79. The summed E-state index contributed by atoms with van der Waals surface area (Å²) in [4.78, 5) is 0. The van der Waals surface area contributed by atoms with Gasteiger partial charge in [0, 0.05) is 10.0 Å². The van der Waals surface area contributed by atoms with Crippen LogP contribution in [0.5, 0.6) is 0 Å². The van der Waals surface area contributed by atoms with E-state index >= 15 is 0 Å². The molecule has 0 N–H and O–H groups in total. The van der Waals surface area contributed by atoms with Crippen LogP contribution in [0.3, 0.4) is 0 Å². The lowest BCUT2D eigenvalue weighted by atomic mass is 10.1.